The largest absolute Gasteiger partial charge is 0.543 e. The Morgan fingerprint density at radius 3 is 2.56 bits per heavy atom. The van der Waals surface area contributed by atoms with Crippen LogP contribution in [0.5, 0.6) is 0 Å². The molecule has 1 aromatic carbocycles. The van der Waals surface area contributed by atoms with Crippen LogP contribution in [0.25, 0.3) is 0 Å². The molecule has 0 fully saturated rings. The molecule has 6 nitrogen and oxygen atoms in total. The summed E-state index contributed by atoms with van der Waals surface area (Å²) in [7, 11) is 0. The van der Waals surface area contributed by atoms with Crippen LogP contribution >= 0.6 is 0 Å². The predicted molar refractivity (Wildman–Crippen MR) is 58.7 cm³/mol. The van der Waals surface area contributed by atoms with E-state index in [1.165, 1.54) is 6.08 Å². The minimum atomic E-state index is -1.44. The second kappa shape index (κ2) is 4.59. The van der Waals surface area contributed by atoms with Crippen LogP contribution in [-0.4, -0.2) is 12.0 Å². The molecule has 0 aliphatic carbocycles. The van der Waals surface area contributed by atoms with Crippen LogP contribution in [0.2, 0.25) is 0 Å². The lowest BCUT2D eigenvalue weighted by molar-refractivity contribution is -0.299. The molecule has 0 radical (unpaired) electrons. The van der Waals surface area contributed by atoms with E-state index in [2.05, 4.69) is 10.6 Å². The molecule has 0 bridgehead atoms. The number of aliphatic carboxylic acids is 1. The first-order valence-electron chi connectivity index (χ1n) is 5.11. The fraction of sp³-hybridized carbons (Fsp3) is 0.0833. The van der Waals surface area contributed by atoms with Gasteiger partial charge in [0.05, 0.1) is 29.3 Å². The molecule has 1 aromatic rings. The number of carbonyl (C=O) groups excluding carboxylic acids is 2. The molecular weight excluding hydrogens is 234 g/mol. The highest BCUT2D eigenvalue weighted by Crippen LogP contribution is 2.18. The van der Waals surface area contributed by atoms with Gasteiger partial charge in [-0.15, -0.1) is 0 Å². The van der Waals surface area contributed by atoms with Crippen LogP contribution < -0.4 is 15.7 Å². The van der Waals surface area contributed by atoms with E-state index in [0.717, 1.165) is 0 Å². The van der Waals surface area contributed by atoms with Crippen LogP contribution in [-0.2, 0) is 4.79 Å². The minimum absolute atomic E-state index is 0.270. The van der Waals surface area contributed by atoms with E-state index in [1.54, 1.807) is 24.3 Å². The summed E-state index contributed by atoms with van der Waals surface area (Å²) >= 11 is 0. The van der Waals surface area contributed by atoms with Crippen molar-refractivity contribution in [1.29, 1.82) is 5.26 Å². The number of carboxylic acids is 1. The van der Waals surface area contributed by atoms with Crippen molar-refractivity contribution in [3.8, 4) is 6.07 Å². The molecule has 0 saturated carbocycles. The highest BCUT2D eigenvalue weighted by atomic mass is 16.4. The molecule has 1 aliphatic heterocycles. The van der Waals surface area contributed by atoms with Gasteiger partial charge in [0, 0.05) is 0 Å². The molecule has 6 heteroatoms. The number of carboxylic acid groups (broad SMARTS) is 1. The second-order valence-electron chi connectivity index (χ2n) is 3.68. The van der Waals surface area contributed by atoms with Gasteiger partial charge < -0.3 is 20.5 Å². The first kappa shape index (κ1) is 11.7. The first-order valence-corrected chi connectivity index (χ1v) is 5.11. The van der Waals surface area contributed by atoms with Crippen molar-refractivity contribution >= 4 is 12.0 Å². The van der Waals surface area contributed by atoms with Gasteiger partial charge in [0.2, 0.25) is 0 Å². The Balaban J connectivity index is 2.31. The minimum Gasteiger partial charge on any atom is -0.543 e. The van der Waals surface area contributed by atoms with Crippen molar-refractivity contribution in [2.45, 2.75) is 6.04 Å². The summed E-state index contributed by atoms with van der Waals surface area (Å²) < 4.78 is 0. The van der Waals surface area contributed by atoms with Gasteiger partial charge in [-0.3, -0.25) is 0 Å². The monoisotopic (exact) mass is 242 g/mol. The highest BCUT2D eigenvalue weighted by molar-refractivity contribution is 5.92. The molecule has 1 aliphatic rings. The molecule has 2 rings (SSSR count). The van der Waals surface area contributed by atoms with E-state index < -0.39 is 18.0 Å². The number of carbonyl (C=O) groups is 2. The number of amides is 2. The lowest BCUT2D eigenvalue weighted by Gasteiger charge is -2.24. The number of hydrogen-bond donors (Lipinski definition) is 2. The summed E-state index contributed by atoms with van der Waals surface area (Å²) in [6.07, 6.45) is 1.35. The Bertz CT molecular complexity index is 569. The molecule has 1 atom stereocenters. The Kier molecular flexibility index (Phi) is 2.98. The van der Waals surface area contributed by atoms with E-state index in [9.17, 15) is 14.7 Å². The van der Waals surface area contributed by atoms with E-state index in [1.807, 2.05) is 6.07 Å². The third-order valence-electron chi connectivity index (χ3n) is 2.49. The van der Waals surface area contributed by atoms with Crippen molar-refractivity contribution in [2.24, 2.45) is 0 Å². The average Bonchev–Trinajstić information content (AvgIpc) is 2.38. The van der Waals surface area contributed by atoms with Gasteiger partial charge in [-0.25, -0.2) is 4.79 Å². The normalized spacial score (nSPS) is 18.1. The van der Waals surface area contributed by atoms with Crippen molar-refractivity contribution in [3.05, 3.63) is 47.2 Å². The van der Waals surface area contributed by atoms with Crippen LogP contribution in [0.1, 0.15) is 17.2 Å². The summed E-state index contributed by atoms with van der Waals surface area (Å²) in [6, 6.07) is 7.30. The van der Waals surface area contributed by atoms with Crippen molar-refractivity contribution in [2.75, 3.05) is 0 Å². The topological polar surface area (TPSA) is 105 Å². The predicted octanol–water partition coefficient (Wildman–Crippen LogP) is -0.454. The zero-order chi connectivity index (χ0) is 13.1. The number of nitrogens with zero attached hydrogens (tertiary/aromatic N) is 1. The molecule has 1 heterocycles. The summed E-state index contributed by atoms with van der Waals surface area (Å²) in [5, 5.41) is 24.1. The fourth-order valence-corrected chi connectivity index (χ4v) is 1.61. The molecule has 0 spiro atoms. The molecule has 2 N–H and O–H groups in total. The summed E-state index contributed by atoms with van der Waals surface area (Å²) in [5.74, 6) is -1.44. The highest BCUT2D eigenvalue weighted by Gasteiger charge is 2.19. The first-order chi connectivity index (χ1) is 8.60. The molecule has 0 saturated heterocycles. The Morgan fingerprint density at radius 1 is 1.33 bits per heavy atom. The lowest BCUT2D eigenvalue weighted by atomic mass is 10.0. The molecule has 90 valence electrons. The van der Waals surface area contributed by atoms with Crippen molar-refractivity contribution in [3.63, 3.8) is 0 Å². The van der Waals surface area contributed by atoms with Crippen molar-refractivity contribution < 1.29 is 14.7 Å². The zero-order valence-electron chi connectivity index (χ0n) is 9.14. The summed E-state index contributed by atoms with van der Waals surface area (Å²) in [5.41, 5.74) is 0.902. The van der Waals surface area contributed by atoms with Gasteiger partial charge in [-0.05, 0) is 23.8 Å². The summed E-state index contributed by atoms with van der Waals surface area (Å²) in [4.78, 5) is 22.0. The Morgan fingerprint density at radius 2 is 2.00 bits per heavy atom. The quantitative estimate of drug-likeness (QED) is 0.732. The number of benzene rings is 1. The van der Waals surface area contributed by atoms with Gasteiger partial charge in [0.1, 0.15) is 0 Å². The number of urea groups is 1. The Hall–Kier alpha value is -2.81. The van der Waals surface area contributed by atoms with Crippen molar-refractivity contribution in [1.82, 2.24) is 10.6 Å². The van der Waals surface area contributed by atoms with Crippen LogP contribution in [0.15, 0.2) is 36.0 Å². The van der Waals surface area contributed by atoms with Gasteiger partial charge in [-0.2, -0.15) is 5.26 Å². The Labute approximate surface area is 103 Å². The standard InChI is InChI=1S/C12H9N3O3/c13-6-7-1-3-8(4-2-7)9-5-10(11(16)17)15-12(18)14-9/h1-5,9H,(H,16,17)(H2,14,15,18)/p-1/t9-/m1/s1. The number of hydrogen-bond acceptors (Lipinski definition) is 4. The van der Waals surface area contributed by atoms with Gasteiger partial charge >= 0.3 is 6.03 Å². The zero-order valence-corrected chi connectivity index (χ0v) is 9.14. The SMILES string of the molecule is N#Cc1ccc([C@H]2C=C(C(=O)[O-])NC(=O)N2)cc1. The molecule has 2 amide bonds. The van der Waals surface area contributed by atoms with Gasteiger partial charge in [0.15, 0.2) is 0 Å². The number of nitrogens with one attached hydrogen (secondary N) is 2. The van der Waals surface area contributed by atoms with Crippen LogP contribution in [0, 0.1) is 11.3 Å². The van der Waals surface area contributed by atoms with Gasteiger partial charge in [-0.1, -0.05) is 12.1 Å². The van der Waals surface area contributed by atoms with Gasteiger partial charge in [0.25, 0.3) is 0 Å². The maximum Gasteiger partial charge on any atom is 0.320 e. The van der Waals surface area contributed by atoms with E-state index in [0.29, 0.717) is 11.1 Å². The smallest absolute Gasteiger partial charge is 0.320 e. The van der Waals surface area contributed by atoms with Crippen LogP contribution in [0.3, 0.4) is 0 Å². The summed E-state index contributed by atoms with van der Waals surface area (Å²) in [6.45, 7) is 0. The third kappa shape index (κ3) is 2.30. The maximum absolute atomic E-state index is 11.3. The molecular formula is C12H8N3O3-. The molecule has 18 heavy (non-hydrogen) atoms. The third-order valence-corrected chi connectivity index (χ3v) is 2.49. The lowest BCUT2D eigenvalue weighted by Crippen LogP contribution is -2.46. The molecule has 0 aromatic heterocycles. The van der Waals surface area contributed by atoms with E-state index >= 15 is 0 Å². The molecule has 0 unspecified atom stereocenters. The number of nitriles is 1. The second-order valence-corrected chi connectivity index (χ2v) is 3.68. The van der Waals surface area contributed by atoms with E-state index in [4.69, 9.17) is 5.26 Å². The maximum atomic E-state index is 11.3. The van der Waals surface area contributed by atoms with E-state index in [-0.39, 0.29) is 5.70 Å². The van der Waals surface area contributed by atoms with Crippen LogP contribution in [0.4, 0.5) is 4.79 Å². The fourth-order valence-electron chi connectivity index (χ4n) is 1.61. The number of rotatable bonds is 2. The average molecular weight is 242 g/mol.